The molecule has 0 aliphatic rings. The van der Waals surface area contributed by atoms with Crippen molar-refractivity contribution in [3.63, 3.8) is 0 Å². The minimum absolute atomic E-state index is 0.104. The first kappa shape index (κ1) is 18.5. The largest absolute Gasteiger partial charge is 0.348 e. The summed E-state index contributed by atoms with van der Waals surface area (Å²) < 4.78 is 3.10. The zero-order chi connectivity index (χ0) is 18.7. The highest BCUT2D eigenvalue weighted by Crippen LogP contribution is 2.23. The van der Waals surface area contributed by atoms with Crippen LogP contribution in [0.5, 0.6) is 0 Å². The maximum Gasteiger partial charge on any atom is 0.240 e. The van der Waals surface area contributed by atoms with Crippen LogP contribution in [-0.2, 0) is 11.3 Å². The lowest BCUT2D eigenvalue weighted by Crippen LogP contribution is -2.30. The first-order valence-corrected chi connectivity index (χ1v) is 9.42. The van der Waals surface area contributed by atoms with Crippen LogP contribution in [0.25, 0.3) is 11.4 Å². The van der Waals surface area contributed by atoms with Crippen LogP contribution in [0.2, 0.25) is 0 Å². The lowest BCUT2D eigenvalue weighted by molar-refractivity contribution is -0.122. The molecule has 0 saturated carbocycles. The number of H-pyrrole nitrogens is 1. The number of nitrogens with zero attached hydrogens (tertiary/aromatic N) is 2. The van der Waals surface area contributed by atoms with Crippen molar-refractivity contribution < 1.29 is 4.79 Å². The molecule has 0 aliphatic heterocycles. The van der Waals surface area contributed by atoms with Gasteiger partial charge in [0.05, 0.1) is 6.04 Å². The number of hydrogen-bond donors (Lipinski definition) is 2. The SMILES string of the molecule is Cc1ccc(-c2n[nH]c(=S)n2CC(=O)NC(C)c2ccccc2Br)cc1. The summed E-state index contributed by atoms with van der Waals surface area (Å²) in [5, 5.41) is 10.1. The summed E-state index contributed by atoms with van der Waals surface area (Å²) in [5.41, 5.74) is 3.10. The summed E-state index contributed by atoms with van der Waals surface area (Å²) in [6.45, 7) is 4.08. The number of nitrogens with one attached hydrogen (secondary N) is 2. The van der Waals surface area contributed by atoms with E-state index in [0.29, 0.717) is 10.6 Å². The standard InChI is InChI=1S/C19H19BrN4OS/c1-12-7-9-14(10-8-12)18-22-23-19(26)24(18)11-17(25)21-13(2)15-5-3-4-6-16(15)20/h3-10,13H,11H2,1-2H3,(H,21,25)(H,23,26). The zero-order valence-corrected chi connectivity index (χ0v) is 16.9. The fourth-order valence-corrected chi connectivity index (χ4v) is 3.55. The van der Waals surface area contributed by atoms with Gasteiger partial charge >= 0.3 is 0 Å². The average molecular weight is 431 g/mol. The van der Waals surface area contributed by atoms with Gasteiger partial charge in [0.15, 0.2) is 10.6 Å². The van der Waals surface area contributed by atoms with Crippen molar-refractivity contribution in [1.29, 1.82) is 0 Å². The molecule has 1 aromatic heterocycles. The van der Waals surface area contributed by atoms with Crippen LogP contribution in [0.1, 0.15) is 24.1 Å². The molecule has 1 heterocycles. The molecule has 5 nitrogen and oxygen atoms in total. The molecule has 1 unspecified atom stereocenters. The number of hydrogen-bond acceptors (Lipinski definition) is 3. The third-order valence-electron chi connectivity index (χ3n) is 4.12. The highest BCUT2D eigenvalue weighted by molar-refractivity contribution is 9.10. The van der Waals surface area contributed by atoms with Crippen molar-refractivity contribution >= 4 is 34.1 Å². The molecule has 0 bridgehead atoms. The van der Waals surface area contributed by atoms with Crippen LogP contribution >= 0.6 is 28.1 Å². The van der Waals surface area contributed by atoms with Crippen molar-refractivity contribution in [2.75, 3.05) is 0 Å². The van der Waals surface area contributed by atoms with Crippen LogP contribution < -0.4 is 5.32 Å². The fourth-order valence-electron chi connectivity index (χ4n) is 2.72. The van der Waals surface area contributed by atoms with Gasteiger partial charge in [0.2, 0.25) is 5.91 Å². The predicted molar refractivity (Wildman–Crippen MR) is 108 cm³/mol. The maximum absolute atomic E-state index is 12.6. The molecule has 1 atom stereocenters. The summed E-state index contributed by atoms with van der Waals surface area (Å²) in [6.07, 6.45) is 0. The normalized spacial score (nSPS) is 12.0. The Labute approximate surface area is 165 Å². The first-order valence-electron chi connectivity index (χ1n) is 8.21. The molecule has 26 heavy (non-hydrogen) atoms. The van der Waals surface area contributed by atoms with E-state index in [0.717, 1.165) is 21.2 Å². The third kappa shape index (κ3) is 4.11. The van der Waals surface area contributed by atoms with Crippen LogP contribution in [0, 0.1) is 11.7 Å². The van der Waals surface area contributed by atoms with E-state index in [1.54, 1.807) is 4.57 Å². The maximum atomic E-state index is 12.6. The number of carbonyl (C=O) groups excluding carboxylic acids is 1. The molecule has 1 amide bonds. The molecule has 0 spiro atoms. The monoisotopic (exact) mass is 430 g/mol. The number of rotatable bonds is 5. The second-order valence-electron chi connectivity index (χ2n) is 6.12. The van der Waals surface area contributed by atoms with E-state index >= 15 is 0 Å². The van der Waals surface area contributed by atoms with Gasteiger partial charge in [-0.3, -0.25) is 14.5 Å². The van der Waals surface area contributed by atoms with Crippen molar-refractivity contribution in [3.05, 3.63) is 68.9 Å². The minimum Gasteiger partial charge on any atom is -0.348 e. The van der Waals surface area contributed by atoms with E-state index in [1.807, 2.05) is 62.4 Å². The number of halogens is 1. The van der Waals surface area contributed by atoms with E-state index in [1.165, 1.54) is 0 Å². The Kier molecular flexibility index (Phi) is 5.68. The van der Waals surface area contributed by atoms with Gasteiger partial charge in [-0.05, 0) is 37.7 Å². The first-order chi connectivity index (χ1) is 12.5. The Morgan fingerprint density at radius 1 is 1.27 bits per heavy atom. The Hall–Kier alpha value is -2.25. The van der Waals surface area contributed by atoms with Crippen molar-refractivity contribution in [2.45, 2.75) is 26.4 Å². The molecule has 0 fully saturated rings. The van der Waals surface area contributed by atoms with E-state index in [-0.39, 0.29) is 18.5 Å². The summed E-state index contributed by atoms with van der Waals surface area (Å²) in [4.78, 5) is 12.6. The van der Waals surface area contributed by atoms with Gasteiger partial charge in [-0.1, -0.05) is 64.0 Å². The number of aromatic nitrogens is 3. The molecule has 134 valence electrons. The van der Waals surface area contributed by atoms with Crippen LogP contribution in [-0.4, -0.2) is 20.7 Å². The molecular formula is C19H19BrN4OS. The van der Waals surface area contributed by atoms with Gasteiger partial charge in [-0.15, -0.1) is 0 Å². The molecule has 3 aromatic rings. The zero-order valence-electron chi connectivity index (χ0n) is 14.5. The number of carbonyl (C=O) groups is 1. The molecule has 0 radical (unpaired) electrons. The van der Waals surface area contributed by atoms with Crippen molar-refractivity contribution in [2.24, 2.45) is 0 Å². The molecule has 7 heteroatoms. The lowest BCUT2D eigenvalue weighted by Gasteiger charge is -2.16. The Morgan fingerprint density at radius 3 is 2.65 bits per heavy atom. The number of aromatic amines is 1. The molecule has 0 aliphatic carbocycles. The second-order valence-corrected chi connectivity index (χ2v) is 7.36. The molecule has 3 rings (SSSR count). The summed E-state index contributed by atoms with van der Waals surface area (Å²) in [6, 6.07) is 15.7. The molecule has 2 aromatic carbocycles. The number of amides is 1. The Balaban J connectivity index is 1.78. The Morgan fingerprint density at radius 2 is 1.96 bits per heavy atom. The Bertz CT molecular complexity index is 978. The fraction of sp³-hybridized carbons (Fsp3) is 0.211. The molecule has 2 N–H and O–H groups in total. The highest BCUT2D eigenvalue weighted by Gasteiger charge is 2.15. The average Bonchev–Trinajstić information content (AvgIpc) is 2.96. The number of benzene rings is 2. The van der Waals surface area contributed by atoms with Crippen LogP contribution in [0.15, 0.2) is 53.0 Å². The van der Waals surface area contributed by atoms with Crippen molar-refractivity contribution in [3.8, 4) is 11.4 Å². The highest BCUT2D eigenvalue weighted by atomic mass is 79.9. The molecular weight excluding hydrogens is 412 g/mol. The smallest absolute Gasteiger partial charge is 0.240 e. The topological polar surface area (TPSA) is 62.7 Å². The van der Waals surface area contributed by atoms with Gasteiger partial charge < -0.3 is 5.32 Å². The predicted octanol–water partition coefficient (Wildman–Crippen LogP) is 4.56. The molecule has 0 saturated heterocycles. The number of aryl methyl sites for hydroxylation is 1. The summed E-state index contributed by atoms with van der Waals surface area (Å²) in [5.74, 6) is 0.526. The van der Waals surface area contributed by atoms with Gasteiger partial charge in [-0.2, -0.15) is 5.10 Å². The minimum atomic E-state index is -0.126. The van der Waals surface area contributed by atoms with E-state index < -0.39 is 0 Å². The van der Waals surface area contributed by atoms with Gasteiger partial charge in [0.25, 0.3) is 0 Å². The van der Waals surface area contributed by atoms with E-state index in [4.69, 9.17) is 12.2 Å². The summed E-state index contributed by atoms with van der Waals surface area (Å²) >= 11 is 8.82. The van der Waals surface area contributed by atoms with Crippen LogP contribution in [0.3, 0.4) is 0 Å². The lowest BCUT2D eigenvalue weighted by atomic mass is 10.1. The van der Waals surface area contributed by atoms with Gasteiger partial charge in [0, 0.05) is 10.0 Å². The van der Waals surface area contributed by atoms with Crippen LogP contribution in [0.4, 0.5) is 0 Å². The van der Waals surface area contributed by atoms with Crippen molar-refractivity contribution in [1.82, 2.24) is 20.1 Å². The second kappa shape index (κ2) is 7.97. The van der Waals surface area contributed by atoms with E-state index in [9.17, 15) is 4.79 Å². The van der Waals surface area contributed by atoms with E-state index in [2.05, 4.69) is 31.4 Å². The van der Waals surface area contributed by atoms with Gasteiger partial charge in [0.1, 0.15) is 6.54 Å². The van der Waals surface area contributed by atoms with Gasteiger partial charge in [-0.25, -0.2) is 0 Å². The quantitative estimate of drug-likeness (QED) is 0.583. The third-order valence-corrected chi connectivity index (χ3v) is 5.15. The summed E-state index contributed by atoms with van der Waals surface area (Å²) in [7, 11) is 0.